The van der Waals surface area contributed by atoms with Gasteiger partial charge in [-0.1, -0.05) is 41.4 Å². The molecule has 0 aliphatic carbocycles. The largest absolute Gasteiger partial charge is 0.320 e. The van der Waals surface area contributed by atoms with Crippen LogP contribution in [0.2, 0.25) is 10.0 Å². The Morgan fingerprint density at radius 2 is 1.85 bits per heavy atom. The van der Waals surface area contributed by atoms with Crippen LogP contribution in [0.3, 0.4) is 0 Å². The first-order valence-corrected chi connectivity index (χ1v) is 9.12. The molecule has 0 aliphatic rings. The van der Waals surface area contributed by atoms with Crippen LogP contribution in [-0.4, -0.2) is 28.5 Å². The van der Waals surface area contributed by atoms with Crippen molar-refractivity contribution in [2.24, 2.45) is 5.73 Å². The molecule has 4 nitrogen and oxygen atoms in total. The number of nitrogens with zero attached hydrogens (tertiary/aromatic N) is 3. The van der Waals surface area contributed by atoms with Crippen LogP contribution in [0.1, 0.15) is 28.7 Å². The van der Waals surface area contributed by atoms with E-state index in [2.05, 4.69) is 14.5 Å². The summed E-state index contributed by atoms with van der Waals surface area (Å²) < 4.78 is 2.13. The molecule has 1 atom stereocenters. The summed E-state index contributed by atoms with van der Waals surface area (Å²) >= 11 is 12.7. The molecule has 3 aromatic rings. The monoisotopic (exact) mass is 388 g/mol. The van der Waals surface area contributed by atoms with E-state index in [0.29, 0.717) is 10.0 Å². The SMILES string of the molecule is Cc1ncc(CN(C)C)n1-c1ccc(Cl)cc1C(N)c1ccccc1Cl. The molecule has 0 radical (unpaired) electrons. The zero-order chi connectivity index (χ0) is 18.8. The molecule has 0 aliphatic heterocycles. The molecule has 2 N–H and O–H groups in total. The van der Waals surface area contributed by atoms with Crippen molar-refractivity contribution in [2.75, 3.05) is 14.1 Å². The minimum atomic E-state index is -0.397. The Morgan fingerprint density at radius 1 is 1.12 bits per heavy atom. The first-order chi connectivity index (χ1) is 12.4. The molecule has 26 heavy (non-hydrogen) atoms. The van der Waals surface area contributed by atoms with Gasteiger partial charge in [0, 0.05) is 16.6 Å². The summed E-state index contributed by atoms with van der Waals surface area (Å²) in [7, 11) is 4.07. The predicted molar refractivity (Wildman–Crippen MR) is 108 cm³/mol. The van der Waals surface area contributed by atoms with E-state index in [1.54, 1.807) is 0 Å². The Balaban J connectivity index is 2.17. The van der Waals surface area contributed by atoms with Crippen molar-refractivity contribution in [2.45, 2.75) is 19.5 Å². The van der Waals surface area contributed by atoms with Gasteiger partial charge < -0.3 is 10.6 Å². The summed E-state index contributed by atoms with van der Waals surface area (Å²) in [6.45, 7) is 2.75. The summed E-state index contributed by atoms with van der Waals surface area (Å²) in [5.41, 5.74) is 10.4. The molecule has 0 saturated heterocycles. The van der Waals surface area contributed by atoms with Gasteiger partial charge >= 0.3 is 0 Å². The van der Waals surface area contributed by atoms with Crippen LogP contribution < -0.4 is 5.73 Å². The minimum absolute atomic E-state index is 0.397. The smallest absolute Gasteiger partial charge is 0.110 e. The van der Waals surface area contributed by atoms with Gasteiger partial charge in [-0.25, -0.2) is 4.98 Å². The van der Waals surface area contributed by atoms with Gasteiger partial charge in [0.05, 0.1) is 23.6 Å². The highest BCUT2D eigenvalue weighted by Crippen LogP contribution is 2.33. The normalized spacial score (nSPS) is 12.6. The van der Waals surface area contributed by atoms with Crippen LogP contribution in [0.4, 0.5) is 0 Å². The molecule has 0 amide bonds. The fourth-order valence-electron chi connectivity index (χ4n) is 3.13. The maximum Gasteiger partial charge on any atom is 0.110 e. The number of aryl methyl sites for hydroxylation is 1. The fourth-order valence-corrected chi connectivity index (χ4v) is 3.56. The van der Waals surface area contributed by atoms with Crippen LogP contribution >= 0.6 is 23.2 Å². The molecule has 2 aromatic carbocycles. The van der Waals surface area contributed by atoms with Gasteiger partial charge in [0.2, 0.25) is 0 Å². The van der Waals surface area contributed by atoms with E-state index in [-0.39, 0.29) is 0 Å². The van der Waals surface area contributed by atoms with Gasteiger partial charge in [-0.3, -0.25) is 4.57 Å². The summed E-state index contributed by atoms with van der Waals surface area (Å²) in [5.74, 6) is 0.900. The first kappa shape index (κ1) is 18.9. The van der Waals surface area contributed by atoms with E-state index >= 15 is 0 Å². The molecule has 0 bridgehead atoms. The highest BCUT2D eigenvalue weighted by molar-refractivity contribution is 6.31. The predicted octanol–water partition coefficient (Wildman–Crippen LogP) is 4.60. The third kappa shape index (κ3) is 3.79. The Bertz CT molecular complexity index is 918. The van der Waals surface area contributed by atoms with Crippen molar-refractivity contribution in [3.63, 3.8) is 0 Å². The zero-order valence-corrected chi connectivity index (χ0v) is 16.6. The lowest BCUT2D eigenvalue weighted by molar-refractivity contribution is 0.393. The van der Waals surface area contributed by atoms with Gasteiger partial charge in [0.1, 0.15) is 5.82 Å². The summed E-state index contributed by atoms with van der Waals surface area (Å²) in [6.07, 6.45) is 1.90. The molecule has 3 rings (SSSR count). The van der Waals surface area contributed by atoms with E-state index in [1.807, 2.05) is 69.7 Å². The summed E-state index contributed by atoms with van der Waals surface area (Å²) in [5, 5.41) is 1.28. The van der Waals surface area contributed by atoms with Crippen molar-refractivity contribution < 1.29 is 0 Å². The molecule has 1 unspecified atom stereocenters. The van der Waals surface area contributed by atoms with Crippen LogP contribution in [0.5, 0.6) is 0 Å². The highest BCUT2D eigenvalue weighted by atomic mass is 35.5. The van der Waals surface area contributed by atoms with Gasteiger partial charge in [0.25, 0.3) is 0 Å². The van der Waals surface area contributed by atoms with Crippen molar-refractivity contribution in [1.29, 1.82) is 0 Å². The molecular weight excluding hydrogens is 367 g/mol. The zero-order valence-electron chi connectivity index (χ0n) is 15.1. The van der Waals surface area contributed by atoms with Gasteiger partial charge in [-0.15, -0.1) is 0 Å². The Morgan fingerprint density at radius 3 is 2.54 bits per heavy atom. The van der Waals surface area contributed by atoms with Crippen LogP contribution in [-0.2, 0) is 6.54 Å². The summed E-state index contributed by atoms with van der Waals surface area (Å²) in [6, 6.07) is 13.0. The third-order valence-corrected chi connectivity index (χ3v) is 4.87. The van der Waals surface area contributed by atoms with E-state index in [1.165, 1.54) is 0 Å². The topological polar surface area (TPSA) is 47.1 Å². The number of imidazole rings is 1. The molecule has 6 heteroatoms. The van der Waals surface area contributed by atoms with Gasteiger partial charge in [-0.05, 0) is 56.4 Å². The fraction of sp³-hybridized carbons (Fsp3) is 0.250. The Labute approximate surface area is 164 Å². The quantitative estimate of drug-likeness (QED) is 0.694. The van der Waals surface area contributed by atoms with Gasteiger partial charge in [-0.2, -0.15) is 0 Å². The standard InChI is InChI=1S/C20H22Cl2N4/c1-13-24-11-15(12-25(2)3)26(13)19-9-8-14(21)10-17(19)20(23)16-6-4-5-7-18(16)22/h4-11,20H,12,23H2,1-3H3. The molecule has 0 spiro atoms. The average molecular weight is 389 g/mol. The van der Waals surface area contributed by atoms with Gasteiger partial charge in [0.15, 0.2) is 0 Å². The molecule has 0 saturated carbocycles. The Hall–Kier alpha value is -1.85. The molecule has 136 valence electrons. The Kier molecular flexibility index (Phi) is 5.68. The lowest BCUT2D eigenvalue weighted by atomic mass is 9.97. The number of halogens is 2. The maximum atomic E-state index is 6.61. The second-order valence-corrected chi connectivity index (χ2v) is 7.42. The highest BCUT2D eigenvalue weighted by Gasteiger charge is 2.20. The first-order valence-electron chi connectivity index (χ1n) is 8.36. The lowest BCUT2D eigenvalue weighted by Gasteiger charge is -2.22. The second-order valence-electron chi connectivity index (χ2n) is 6.57. The molecule has 1 aromatic heterocycles. The van der Waals surface area contributed by atoms with Crippen molar-refractivity contribution in [3.8, 4) is 5.69 Å². The molecule has 0 fully saturated rings. The van der Waals surface area contributed by atoms with Crippen molar-refractivity contribution in [3.05, 3.63) is 81.4 Å². The number of nitrogens with two attached hydrogens (primary N) is 1. The van der Waals surface area contributed by atoms with Crippen LogP contribution in [0.25, 0.3) is 5.69 Å². The van der Waals surface area contributed by atoms with Crippen molar-refractivity contribution >= 4 is 23.2 Å². The number of aromatic nitrogens is 2. The van der Waals surface area contributed by atoms with E-state index in [4.69, 9.17) is 28.9 Å². The second kappa shape index (κ2) is 7.80. The number of hydrogen-bond donors (Lipinski definition) is 1. The minimum Gasteiger partial charge on any atom is -0.320 e. The maximum absolute atomic E-state index is 6.61. The molecule has 1 heterocycles. The number of rotatable bonds is 5. The van der Waals surface area contributed by atoms with Crippen LogP contribution in [0.15, 0.2) is 48.7 Å². The van der Waals surface area contributed by atoms with Crippen LogP contribution in [0, 0.1) is 6.92 Å². The van der Waals surface area contributed by atoms with E-state index < -0.39 is 6.04 Å². The van der Waals surface area contributed by atoms with E-state index in [0.717, 1.165) is 34.9 Å². The van der Waals surface area contributed by atoms with E-state index in [9.17, 15) is 0 Å². The summed E-state index contributed by atoms with van der Waals surface area (Å²) in [4.78, 5) is 6.60. The lowest BCUT2D eigenvalue weighted by Crippen LogP contribution is -2.18. The third-order valence-electron chi connectivity index (χ3n) is 4.30. The average Bonchev–Trinajstić information content (AvgIpc) is 2.94. The number of hydrogen-bond acceptors (Lipinski definition) is 3. The van der Waals surface area contributed by atoms with Crippen molar-refractivity contribution in [1.82, 2.24) is 14.5 Å². The number of benzene rings is 2. The molecular formula is C20H22Cl2N4.